The van der Waals surface area contributed by atoms with Crippen molar-refractivity contribution in [3.63, 3.8) is 0 Å². The van der Waals surface area contributed by atoms with Gasteiger partial charge < -0.3 is 5.73 Å². The van der Waals surface area contributed by atoms with E-state index in [1.165, 1.54) is 13.1 Å². The van der Waals surface area contributed by atoms with E-state index in [0.29, 0.717) is 11.4 Å². The maximum Gasteiger partial charge on any atom is 0.166 e. The third kappa shape index (κ3) is 1.98. The van der Waals surface area contributed by atoms with E-state index >= 15 is 0 Å². The largest absolute Gasteiger partial charge is 0.383 e. The Balaban J connectivity index is 2.61. The molecule has 2 N–H and O–H groups in total. The first kappa shape index (κ1) is 11.5. The van der Waals surface area contributed by atoms with E-state index in [4.69, 9.17) is 5.73 Å². The van der Waals surface area contributed by atoms with Gasteiger partial charge in [0.1, 0.15) is 5.82 Å². The molecular weight excluding hydrogens is 222 g/mol. The van der Waals surface area contributed by atoms with Crippen molar-refractivity contribution < 1.29 is 8.78 Å². The third-order valence-corrected chi connectivity index (χ3v) is 2.71. The van der Waals surface area contributed by atoms with Crippen LogP contribution < -0.4 is 5.73 Å². The number of pyridine rings is 1. The summed E-state index contributed by atoms with van der Waals surface area (Å²) in [5, 5.41) is 0. The summed E-state index contributed by atoms with van der Waals surface area (Å²) in [7, 11) is 0. The molecule has 0 spiro atoms. The molecule has 0 aliphatic rings. The fourth-order valence-electron chi connectivity index (χ4n) is 1.60. The predicted molar refractivity (Wildman–Crippen MR) is 63.5 cm³/mol. The molecule has 88 valence electrons. The predicted octanol–water partition coefficient (Wildman–Crippen LogP) is 3.23. The minimum atomic E-state index is -0.851. The number of halogens is 2. The van der Waals surface area contributed by atoms with Crippen LogP contribution in [0.2, 0.25) is 0 Å². The molecule has 17 heavy (non-hydrogen) atoms. The van der Waals surface area contributed by atoms with Crippen molar-refractivity contribution >= 4 is 5.82 Å². The lowest BCUT2D eigenvalue weighted by molar-refractivity contribution is 0.505. The molecule has 0 aliphatic heterocycles. The zero-order chi connectivity index (χ0) is 12.6. The monoisotopic (exact) mass is 234 g/mol. The van der Waals surface area contributed by atoms with Gasteiger partial charge in [-0.25, -0.2) is 13.8 Å². The van der Waals surface area contributed by atoms with Gasteiger partial charge in [-0.2, -0.15) is 0 Å². The minimum Gasteiger partial charge on any atom is -0.383 e. The molecule has 0 saturated heterocycles. The van der Waals surface area contributed by atoms with Gasteiger partial charge in [0.05, 0.1) is 0 Å². The standard InChI is InChI=1S/C13H12F2N2/c1-7-3-4-10(12(15)11(7)14)9-5-8(2)13(16)17-6-9/h3-6H,1-2H3,(H2,16,17). The van der Waals surface area contributed by atoms with Crippen LogP contribution in [-0.2, 0) is 0 Å². The van der Waals surface area contributed by atoms with Crippen LogP contribution in [0.5, 0.6) is 0 Å². The van der Waals surface area contributed by atoms with Crippen LogP contribution in [0.3, 0.4) is 0 Å². The number of benzene rings is 1. The number of hydrogen-bond donors (Lipinski definition) is 1. The Morgan fingerprint density at radius 3 is 2.41 bits per heavy atom. The quantitative estimate of drug-likeness (QED) is 0.822. The summed E-state index contributed by atoms with van der Waals surface area (Å²) in [6, 6.07) is 4.77. The molecule has 2 nitrogen and oxygen atoms in total. The van der Waals surface area contributed by atoms with Crippen LogP contribution in [0.1, 0.15) is 11.1 Å². The van der Waals surface area contributed by atoms with Crippen LogP contribution in [0.15, 0.2) is 24.4 Å². The molecule has 0 bridgehead atoms. The van der Waals surface area contributed by atoms with Crippen LogP contribution in [-0.4, -0.2) is 4.98 Å². The normalized spacial score (nSPS) is 10.6. The maximum atomic E-state index is 13.7. The van der Waals surface area contributed by atoms with Gasteiger partial charge in [0.25, 0.3) is 0 Å². The molecule has 0 aliphatic carbocycles. The molecule has 0 radical (unpaired) electrons. The van der Waals surface area contributed by atoms with Crippen LogP contribution in [0.25, 0.3) is 11.1 Å². The van der Waals surface area contributed by atoms with E-state index in [-0.39, 0.29) is 11.1 Å². The molecule has 4 heteroatoms. The van der Waals surface area contributed by atoms with E-state index in [1.807, 2.05) is 0 Å². The number of nitrogens with zero attached hydrogens (tertiary/aromatic N) is 1. The summed E-state index contributed by atoms with van der Waals surface area (Å²) in [6.07, 6.45) is 1.44. The Kier molecular flexibility index (Phi) is 2.79. The van der Waals surface area contributed by atoms with Crippen molar-refractivity contribution in [3.8, 4) is 11.1 Å². The highest BCUT2D eigenvalue weighted by Crippen LogP contribution is 2.27. The fraction of sp³-hybridized carbons (Fsp3) is 0.154. The summed E-state index contributed by atoms with van der Waals surface area (Å²) in [4.78, 5) is 3.94. The van der Waals surface area contributed by atoms with E-state index in [0.717, 1.165) is 5.56 Å². The highest BCUT2D eigenvalue weighted by molar-refractivity contribution is 5.66. The van der Waals surface area contributed by atoms with E-state index in [9.17, 15) is 8.78 Å². The van der Waals surface area contributed by atoms with Gasteiger partial charge in [0.15, 0.2) is 11.6 Å². The number of nitrogen functional groups attached to an aromatic ring is 1. The van der Waals surface area contributed by atoms with Gasteiger partial charge >= 0.3 is 0 Å². The SMILES string of the molecule is Cc1cc(-c2ccc(C)c(F)c2F)cnc1N. The second-order valence-electron chi connectivity index (χ2n) is 3.98. The zero-order valence-electron chi connectivity index (χ0n) is 9.59. The molecule has 0 saturated carbocycles. The van der Waals surface area contributed by atoms with Gasteiger partial charge in [-0.05, 0) is 31.0 Å². The maximum absolute atomic E-state index is 13.7. The minimum absolute atomic E-state index is 0.198. The second-order valence-corrected chi connectivity index (χ2v) is 3.98. The molecule has 1 aromatic heterocycles. The Labute approximate surface area is 98.1 Å². The third-order valence-electron chi connectivity index (χ3n) is 2.71. The van der Waals surface area contributed by atoms with Gasteiger partial charge in [0.2, 0.25) is 0 Å². The highest BCUT2D eigenvalue weighted by Gasteiger charge is 2.13. The van der Waals surface area contributed by atoms with Crippen molar-refractivity contribution in [1.82, 2.24) is 4.98 Å². The van der Waals surface area contributed by atoms with Crippen molar-refractivity contribution in [2.45, 2.75) is 13.8 Å². The smallest absolute Gasteiger partial charge is 0.166 e. The number of anilines is 1. The molecule has 1 aromatic carbocycles. The molecule has 1 heterocycles. The molecule has 0 unspecified atom stereocenters. The Hall–Kier alpha value is -1.97. The first-order valence-corrected chi connectivity index (χ1v) is 5.18. The average molecular weight is 234 g/mol. The second kappa shape index (κ2) is 4.13. The lowest BCUT2D eigenvalue weighted by Gasteiger charge is -2.07. The van der Waals surface area contributed by atoms with Gasteiger partial charge in [-0.3, -0.25) is 0 Å². The van der Waals surface area contributed by atoms with E-state index < -0.39 is 11.6 Å². The average Bonchev–Trinajstić information content (AvgIpc) is 2.30. The number of rotatable bonds is 1. The lowest BCUT2D eigenvalue weighted by Crippen LogP contribution is -1.97. The number of hydrogen-bond acceptors (Lipinski definition) is 2. The summed E-state index contributed by atoms with van der Waals surface area (Å²) >= 11 is 0. The lowest BCUT2D eigenvalue weighted by atomic mass is 10.0. The summed E-state index contributed by atoms with van der Waals surface area (Å²) < 4.78 is 27.2. The van der Waals surface area contributed by atoms with Gasteiger partial charge in [0, 0.05) is 17.3 Å². The van der Waals surface area contributed by atoms with Gasteiger partial charge in [-0.15, -0.1) is 0 Å². The number of aromatic nitrogens is 1. The molecular formula is C13H12F2N2. The summed E-state index contributed by atoms with van der Waals surface area (Å²) in [5.74, 6) is -1.28. The van der Waals surface area contributed by atoms with Crippen molar-refractivity contribution in [3.05, 3.63) is 47.2 Å². The van der Waals surface area contributed by atoms with Gasteiger partial charge in [-0.1, -0.05) is 12.1 Å². The fourth-order valence-corrected chi connectivity index (χ4v) is 1.60. The van der Waals surface area contributed by atoms with Crippen molar-refractivity contribution in [1.29, 1.82) is 0 Å². The van der Waals surface area contributed by atoms with Crippen molar-refractivity contribution in [2.24, 2.45) is 0 Å². The molecule has 0 amide bonds. The zero-order valence-corrected chi connectivity index (χ0v) is 9.59. The van der Waals surface area contributed by atoms with Crippen LogP contribution in [0, 0.1) is 25.5 Å². The Morgan fingerprint density at radius 1 is 1.06 bits per heavy atom. The Bertz CT molecular complexity index is 580. The molecule has 2 aromatic rings. The number of aryl methyl sites for hydroxylation is 2. The van der Waals surface area contributed by atoms with E-state index in [2.05, 4.69) is 4.98 Å². The molecule has 0 atom stereocenters. The highest BCUT2D eigenvalue weighted by atomic mass is 19.2. The first-order chi connectivity index (χ1) is 8.00. The topological polar surface area (TPSA) is 38.9 Å². The summed E-state index contributed by atoms with van der Waals surface area (Å²) in [6.45, 7) is 3.29. The molecule has 2 rings (SSSR count). The Morgan fingerprint density at radius 2 is 1.76 bits per heavy atom. The summed E-state index contributed by atoms with van der Waals surface area (Å²) in [5.41, 5.74) is 7.32. The van der Waals surface area contributed by atoms with E-state index in [1.54, 1.807) is 25.1 Å². The molecule has 0 fully saturated rings. The number of nitrogens with two attached hydrogens (primary N) is 1. The van der Waals surface area contributed by atoms with Crippen LogP contribution >= 0.6 is 0 Å². The first-order valence-electron chi connectivity index (χ1n) is 5.18. The van der Waals surface area contributed by atoms with Crippen molar-refractivity contribution in [2.75, 3.05) is 5.73 Å². The van der Waals surface area contributed by atoms with Crippen LogP contribution in [0.4, 0.5) is 14.6 Å².